The van der Waals surface area contributed by atoms with Gasteiger partial charge in [-0.2, -0.15) is 8.78 Å². The summed E-state index contributed by atoms with van der Waals surface area (Å²) >= 11 is 0. The van der Waals surface area contributed by atoms with Gasteiger partial charge in [0.05, 0.1) is 11.3 Å². The molecule has 0 aliphatic carbocycles. The fraction of sp³-hybridized carbons (Fsp3) is 0.235. The van der Waals surface area contributed by atoms with E-state index in [2.05, 4.69) is 4.74 Å². The van der Waals surface area contributed by atoms with Gasteiger partial charge in [0.1, 0.15) is 11.6 Å². The zero-order valence-electron chi connectivity index (χ0n) is 12.1. The number of hydrogen-bond donors (Lipinski definition) is 0. The SMILES string of the molecule is O=C(c1ccccc1OC(F)F)N1CCCc2cccc(F)c21. The van der Waals surface area contributed by atoms with Crippen molar-refractivity contribution in [1.29, 1.82) is 0 Å². The molecule has 0 bridgehead atoms. The van der Waals surface area contributed by atoms with Gasteiger partial charge in [0, 0.05) is 6.54 Å². The average Bonchev–Trinajstić information content (AvgIpc) is 2.54. The Bertz CT molecular complexity index is 734. The Kier molecular flexibility index (Phi) is 4.23. The van der Waals surface area contributed by atoms with Crippen LogP contribution in [0.5, 0.6) is 5.75 Å². The largest absolute Gasteiger partial charge is 0.434 e. The molecule has 3 rings (SSSR count). The van der Waals surface area contributed by atoms with Crippen molar-refractivity contribution < 1.29 is 22.7 Å². The number of para-hydroxylation sites is 2. The number of halogens is 3. The summed E-state index contributed by atoms with van der Waals surface area (Å²) in [5.41, 5.74) is 0.941. The molecule has 0 N–H and O–H groups in total. The molecule has 1 amide bonds. The first-order chi connectivity index (χ1) is 11.1. The van der Waals surface area contributed by atoms with Crippen LogP contribution in [-0.4, -0.2) is 19.1 Å². The first-order valence-electron chi connectivity index (χ1n) is 7.21. The molecule has 120 valence electrons. The summed E-state index contributed by atoms with van der Waals surface area (Å²) in [6.45, 7) is -2.70. The molecule has 1 aliphatic rings. The molecule has 0 saturated heterocycles. The van der Waals surface area contributed by atoms with E-state index in [1.54, 1.807) is 18.2 Å². The Balaban J connectivity index is 2.00. The number of amides is 1. The Morgan fingerprint density at radius 3 is 2.70 bits per heavy atom. The van der Waals surface area contributed by atoms with E-state index in [0.29, 0.717) is 19.4 Å². The molecule has 2 aromatic rings. The van der Waals surface area contributed by atoms with Crippen LogP contribution in [0.3, 0.4) is 0 Å². The van der Waals surface area contributed by atoms with Crippen LogP contribution in [0.1, 0.15) is 22.3 Å². The third kappa shape index (κ3) is 3.02. The molecule has 1 aliphatic heterocycles. The molecule has 23 heavy (non-hydrogen) atoms. The molecule has 1 heterocycles. The number of carbonyl (C=O) groups excluding carboxylic acids is 1. The van der Waals surface area contributed by atoms with Crippen LogP contribution in [0.4, 0.5) is 18.9 Å². The summed E-state index contributed by atoms with van der Waals surface area (Å²) in [6.07, 6.45) is 1.35. The fourth-order valence-electron chi connectivity index (χ4n) is 2.79. The standard InChI is InChI=1S/C17H14F3NO2/c18-13-8-3-5-11-6-4-10-21(15(11)13)16(22)12-7-1-2-9-14(12)23-17(19)20/h1-3,5,7-9,17H,4,6,10H2. The van der Waals surface area contributed by atoms with Gasteiger partial charge in [-0.15, -0.1) is 0 Å². The number of rotatable bonds is 3. The molecule has 0 spiro atoms. The maximum atomic E-state index is 14.2. The molecule has 6 heteroatoms. The van der Waals surface area contributed by atoms with Gasteiger partial charge in [-0.05, 0) is 36.6 Å². The lowest BCUT2D eigenvalue weighted by Gasteiger charge is -2.30. The van der Waals surface area contributed by atoms with Gasteiger partial charge < -0.3 is 9.64 Å². The van der Waals surface area contributed by atoms with Gasteiger partial charge in [0.2, 0.25) is 0 Å². The topological polar surface area (TPSA) is 29.5 Å². The summed E-state index contributed by atoms with van der Waals surface area (Å²) in [6, 6.07) is 10.4. The number of aryl methyl sites for hydroxylation is 1. The van der Waals surface area contributed by atoms with Gasteiger partial charge in [-0.3, -0.25) is 4.79 Å². The molecule has 0 saturated carbocycles. The smallest absolute Gasteiger partial charge is 0.387 e. The van der Waals surface area contributed by atoms with Crippen LogP contribution < -0.4 is 9.64 Å². The number of fused-ring (bicyclic) bond motifs is 1. The first kappa shape index (κ1) is 15.4. The summed E-state index contributed by atoms with van der Waals surface area (Å²) in [4.78, 5) is 14.0. The highest BCUT2D eigenvalue weighted by Gasteiger charge is 2.28. The maximum absolute atomic E-state index is 14.2. The zero-order chi connectivity index (χ0) is 16.4. The zero-order valence-corrected chi connectivity index (χ0v) is 12.1. The van der Waals surface area contributed by atoms with Crippen LogP contribution >= 0.6 is 0 Å². The summed E-state index contributed by atoms with van der Waals surface area (Å²) in [7, 11) is 0. The fourth-order valence-corrected chi connectivity index (χ4v) is 2.79. The third-order valence-electron chi connectivity index (χ3n) is 3.75. The highest BCUT2D eigenvalue weighted by atomic mass is 19.3. The molecular weight excluding hydrogens is 307 g/mol. The predicted octanol–water partition coefficient (Wildman–Crippen LogP) is 4.02. The number of nitrogens with zero attached hydrogens (tertiary/aromatic N) is 1. The quantitative estimate of drug-likeness (QED) is 0.854. The minimum absolute atomic E-state index is 0.0103. The Morgan fingerprint density at radius 1 is 1.13 bits per heavy atom. The van der Waals surface area contributed by atoms with Gasteiger partial charge in [0.15, 0.2) is 0 Å². The molecule has 2 aromatic carbocycles. The molecule has 0 fully saturated rings. The van der Waals surface area contributed by atoms with Gasteiger partial charge in [0.25, 0.3) is 5.91 Å². The Hall–Kier alpha value is -2.50. The minimum Gasteiger partial charge on any atom is -0.434 e. The second-order valence-corrected chi connectivity index (χ2v) is 5.18. The Labute approximate surface area is 131 Å². The van der Waals surface area contributed by atoms with E-state index < -0.39 is 18.3 Å². The maximum Gasteiger partial charge on any atom is 0.387 e. The van der Waals surface area contributed by atoms with Crippen molar-refractivity contribution in [1.82, 2.24) is 0 Å². The number of benzene rings is 2. The van der Waals surface area contributed by atoms with Crippen molar-refractivity contribution in [2.75, 3.05) is 11.4 Å². The van der Waals surface area contributed by atoms with Crippen LogP contribution in [-0.2, 0) is 6.42 Å². The van der Waals surface area contributed by atoms with Crippen LogP contribution in [0, 0.1) is 5.82 Å². The summed E-state index contributed by atoms with van der Waals surface area (Å²) in [5, 5.41) is 0. The lowest BCUT2D eigenvalue weighted by atomic mass is 10.00. The Morgan fingerprint density at radius 2 is 1.91 bits per heavy atom. The summed E-state index contributed by atoms with van der Waals surface area (Å²) < 4.78 is 43.6. The van der Waals surface area contributed by atoms with Crippen LogP contribution in [0.15, 0.2) is 42.5 Å². The van der Waals surface area contributed by atoms with Gasteiger partial charge in [-0.1, -0.05) is 24.3 Å². The van der Waals surface area contributed by atoms with Crippen molar-refractivity contribution in [3.05, 3.63) is 59.4 Å². The second kappa shape index (κ2) is 6.32. The molecule has 0 aromatic heterocycles. The first-order valence-corrected chi connectivity index (χ1v) is 7.21. The number of carbonyl (C=O) groups is 1. The van der Waals surface area contributed by atoms with Gasteiger partial charge >= 0.3 is 6.61 Å². The number of anilines is 1. The van der Waals surface area contributed by atoms with E-state index in [-0.39, 0.29) is 17.0 Å². The van der Waals surface area contributed by atoms with E-state index >= 15 is 0 Å². The van der Waals surface area contributed by atoms with Crippen molar-refractivity contribution in [3.8, 4) is 5.75 Å². The number of hydrogen-bond acceptors (Lipinski definition) is 2. The van der Waals surface area contributed by atoms with Gasteiger partial charge in [-0.25, -0.2) is 4.39 Å². The minimum atomic E-state index is -3.03. The van der Waals surface area contributed by atoms with E-state index in [4.69, 9.17) is 0 Å². The van der Waals surface area contributed by atoms with E-state index in [1.165, 1.54) is 29.2 Å². The highest BCUT2D eigenvalue weighted by molar-refractivity contribution is 6.08. The van der Waals surface area contributed by atoms with E-state index in [9.17, 15) is 18.0 Å². The van der Waals surface area contributed by atoms with Crippen molar-refractivity contribution in [3.63, 3.8) is 0 Å². The molecule has 0 radical (unpaired) electrons. The molecular formula is C17H14F3NO2. The van der Waals surface area contributed by atoms with E-state index in [0.717, 1.165) is 5.56 Å². The second-order valence-electron chi connectivity index (χ2n) is 5.18. The van der Waals surface area contributed by atoms with Crippen molar-refractivity contribution >= 4 is 11.6 Å². The summed E-state index contributed by atoms with van der Waals surface area (Å²) in [5.74, 6) is -1.26. The lowest BCUT2D eigenvalue weighted by molar-refractivity contribution is -0.0501. The van der Waals surface area contributed by atoms with Crippen LogP contribution in [0.25, 0.3) is 0 Å². The van der Waals surface area contributed by atoms with Crippen molar-refractivity contribution in [2.24, 2.45) is 0 Å². The highest BCUT2D eigenvalue weighted by Crippen LogP contribution is 2.32. The van der Waals surface area contributed by atoms with Crippen molar-refractivity contribution in [2.45, 2.75) is 19.5 Å². The molecule has 0 unspecified atom stereocenters. The average molecular weight is 321 g/mol. The number of alkyl halides is 2. The molecule has 3 nitrogen and oxygen atoms in total. The van der Waals surface area contributed by atoms with E-state index in [1.807, 2.05) is 0 Å². The number of ether oxygens (including phenoxy) is 1. The monoisotopic (exact) mass is 321 g/mol. The molecule has 0 atom stereocenters. The predicted molar refractivity (Wildman–Crippen MR) is 79.5 cm³/mol. The normalized spacial score (nSPS) is 13.8. The third-order valence-corrected chi connectivity index (χ3v) is 3.75. The van der Waals surface area contributed by atoms with Crippen LogP contribution in [0.2, 0.25) is 0 Å². The lowest BCUT2D eigenvalue weighted by Crippen LogP contribution is -2.36.